The van der Waals surface area contributed by atoms with Gasteiger partial charge in [0.1, 0.15) is 5.82 Å². The van der Waals surface area contributed by atoms with E-state index in [2.05, 4.69) is 35.8 Å². The molecule has 0 aromatic carbocycles. The maximum Gasteiger partial charge on any atom is 0.108 e. The molecule has 2 rings (SSSR count). The van der Waals surface area contributed by atoms with Crippen molar-refractivity contribution >= 4 is 0 Å². The van der Waals surface area contributed by atoms with Crippen LogP contribution in [0.2, 0.25) is 0 Å². The fraction of sp³-hybridized carbons (Fsp3) is 0.812. The summed E-state index contributed by atoms with van der Waals surface area (Å²) < 4.78 is 2.15. The van der Waals surface area contributed by atoms with Gasteiger partial charge in [0.2, 0.25) is 0 Å². The Morgan fingerprint density at radius 1 is 1.42 bits per heavy atom. The van der Waals surface area contributed by atoms with Crippen molar-refractivity contribution in [3.05, 3.63) is 18.2 Å². The standard InChI is InChI=1S/C16H29N3/c1-4-13-6-7-14(12-13)15(17-5-2)8-9-16-18-10-11-19(16)3/h10-11,13-15,17H,4-9,12H2,1-3H3. The van der Waals surface area contributed by atoms with Crippen molar-refractivity contribution in [2.75, 3.05) is 6.54 Å². The molecule has 3 heteroatoms. The molecule has 1 aliphatic rings. The van der Waals surface area contributed by atoms with Gasteiger partial charge in [-0.25, -0.2) is 4.98 Å². The number of rotatable bonds is 7. The molecule has 0 radical (unpaired) electrons. The van der Waals surface area contributed by atoms with E-state index in [1.807, 2.05) is 12.4 Å². The summed E-state index contributed by atoms with van der Waals surface area (Å²) in [5.41, 5.74) is 0. The zero-order valence-corrected chi connectivity index (χ0v) is 12.7. The minimum atomic E-state index is 0.679. The highest BCUT2D eigenvalue weighted by atomic mass is 15.0. The van der Waals surface area contributed by atoms with Gasteiger partial charge in [-0.1, -0.05) is 26.7 Å². The molecule has 1 saturated carbocycles. The van der Waals surface area contributed by atoms with E-state index in [1.54, 1.807) is 0 Å². The minimum absolute atomic E-state index is 0.679. The Bertz CT molecular complexity index is 372. The molecule has 3 nitrogen and oxygen atoms in total. The molecule has 0 bridgehead atoms. The number of nitrogens with one attached hydrogen (secondary N) is 1. The van der Waals surface area contributed by atoms with E-state index in [0.29, 0.717) is 6.04 Å². The van der Waals surface area contributed by atoms with Crippen molar-refractivity contribution in [2.24, 2.45) is 18.9 Å². The van der Waals surface area contributed by atoms with Crippen LogP contribution in [0, 0.1) is 11.8 Å². The first kappa shape index (κ1) is 14.6. The SMILES string of the molecule is CCNC(CCc1nccn1C)C1CCC(CC)C1. The molecule has 0 amide bonds. The highest BCUT2D eigenvalue weighted by Crippen LogP contribution is 2.35. The van der Waals surface area contributed by atoms with Crippen LogP contribution in [0.3, 0.4) is 0 Å². The minimum Gasteiger partial charge on any atom is -0.338 e. The summed E-state index contributed by atoms with van der Waals surface area (Å²) in [5.74, 6) is 3.07. The van der Waals surface area contributed by atoms with Gasteiger partial charge in [-0.2, -0.15) is 0 Å². The lowest BCUT2D eigenvalue weighted by Crippen LogP contribution is -2.35. The first-order valence-corrected chi connectivity index (χ1v) is 7.94. The number of aryl methyl sites for hydroxylation is 2. The highest BCUT2D eigenvalue weighted by Gasteiger charge is 2.29. The van der Waals surface area contributed by atoms with Gasteiger partial charge in [0.15, 0.2) is 0 Å². The molecule has 0 aliphatic heterocycles. The van der Waals surface area contributed by atoms with Crippen molar-refractivity contribution in [2.45, 2.75) is 58.4 Å². The quantitative estimate of drug-likeness (QED) is 0.819. The Morgan fingerprint density at radius 3 is 2.84 bits per heavy atom. The van der Waals surface area contributed by atoms with E-state index in [-0.39, 0.29) is 0 Å². The van der Waals surface area contributed by atoms with Crippen molar-refractivity contribution in [3.8, 4) is 0 Å². The lowest BCUT2D eigenvalue weighted by Gasteiger charge is -2.24. The van der Waals surface area contributed by atoms with Crippen LogP contribution in [-0.4, -0.2) is 22.1 Å². The first-order chi connectivity index (χ1) is 9.24. The molecule has 1 aliphatic carbocycles. The predicted molar refractivity (Wildman–Crippen MR) is 80.1 cm³/mol. The summed E-state index contributed by atoms with van der Waals surface area (Å²) in [6, 6.07) is 0.679. The number of nitrogens with zero attached hydrogens (tertiary/aromatic N) is 2. The molecular formula is C16H29N3. The summed E-state index contributed by atoms with van der Waals surface area (Å²) in [6.07, 6.45) is 11.9. The van der Waals surface area contributed by atoms with E-state index in [1.165, 1.54) is 37.9 Å². The van der Waals surface area contributed by atoms with E-state index < -0.39 is 0 Å². The third-order valence-corrected chi connectivity index (χ3v) is 4.79. The van der Waals surface area contributed by atoms with Gasteiger partial charge in [-0.3, -0.25) is 0 Å². The van der Waals surface area contributed by atoms with Gasteiger partial charge in [0, 0.05) is 31.9 Å². The smallest absolute Gasteiger partial charge is 0.108 e. The Hall–Kier alpha value is -0.830. The lowest BCUT2D eigenvalue weighted by molar-refractivity contribution is 0.332. The van der Waals surface area contributed by atoms with Gasteiger partial charge >= 0.3 is 0 Å². The molecule has 1 fully saturated rings. The Labute approximate surface area is 117 Å². The van der Waals surface area contributed by atoms with Gasteiger partial charge in [0.05, 0.1) is 0 Å². The van der Waals surface area contributed by atoms with Crippen molar-refractivity contribution in [1.82, 2.24) is 14.9 Å². The molecule has 0 spiro atoms. The van der Waals surface area contributed by atoms with Crippen molar-refractivity contribution in [1.29, 1.82) is 0 Å². The number of imidazole rings is 1. The topological polar surface area (TPSA) is 29.9 Å². The monoisotopic (exact) mass is 263 g/mol. The highest BCUT2D eigenvalue weighted by molar-refractivity contribution is 4.93. The van der Waals surface area contributed by atoms with Gasteiger partial charge in [-0.15, -0.1) is 0 Å². The third-order valence-electron chi connectivity index (χ3n) is 4.79. The number of hydrogen-bond donors (Lipinski definition) is 1. The van der Waals surface area contributed by atoms with Gasteiger partial charge < -0.3 is 9.88 Å². The van der Waals surface area contributed by atoms with E-state index >= 15 is 0 Å². The second kappa shape index (κ2) is 7.09. The largest absolute Gasteiger partial charge is 0.338 e. The van der Waals surface area contributed by atoms with Gasteiger partial charge in [0.25, 0.3) is 0 Å². The lowest BCUT2D eigenvalue weighted by atomic mass is 9.92. The summed E-state index contributed by atoms with van der Waals surface area (Å²) >= 11 is 0. The summed E-state index contributed by atoms with van der Waals surface area (Å²) in [5, 5.41) is 3.71. The van der Waals surface area contributed by atoms with Crippen LogP contribution < -0.4 is 5.32 Å². The van der Waals surface area contributed by atoms with Crippen LogP contribution in [0.4, 0.5) is 0 Å². The Kier molecular flexibility index (Phi) is 5.44. The molecule has 3 unspecified atom stereocenters. The molecule has 1 N–H and O–H groups in total. The first-order valence-electron chi connectivity index (χ1n) is 7.94. The molecular weight excluding hydrogens is 234 g/mol. The molecule has 1 aromatic heterocycles. The average molecular weight is 263 g/mol. The summed E-state index contributed by atoms with van der Waals surface area (Å²) in [6.45, 7) is 5.64. The summed E-state index contributed by atoms with van der Waals surface area (Å²) in [7, 11) is 2.09. The van der Waals surface area contributed by atoms with Gasteiger partial charge in [-0.05, 0) is 37.6 Å². The zero-order valence-electron chi connectivity index (χ0n) is 12.7. The van der Waals surface area contributed by atoms with E-state index in [9.17, 15) is 0 Å². The maximum absolute atomic E-state index is 4.44. The van der Waals surface area contributed by atoms with Crippen LogP contribution >= 0.6 is 0 Å². The van der Waals surface area contributed by atoms with E-state index in [0.717, 1.165) is 24.8 Å². The Balaban J connectivity index is 1.87. The van der Waals surface area contributed by atoms with Crippen LogP contribution in [-0.2, 0) is 13.5 Å². The number of hydrogen-bond acceptors (Lipinski definition) is 2. The van der Waals surface area contributed by atoms with Crippen LogP contribution in [0.15, 0.2) is 12.4 Å². The van der Waals surface area contributed by atoms with Crippen molar-refractivity contribution in [3.63, 3.8) is 0 Å². The fourth-order valence-electron chi connectivity index (χ4n) is 3.54. The number of aromatic nitrogens is 2. The molecule has 108 valence electrons. The molecule has 3 atom stereocenters. The van der Waals surface area contributed by atoms with Crippen molar-refractivity contribution < 1.29 is 0 Å². The summed E-state index contributed by atoms with van der Waals surface area (Å²) in [4.78, 5) is 4.44. The fourth-order valence-corrected chi connectivity index (χ4v) is 3.54. The second-order valence-electron chi connectivity index (χ2n) is 6.00. The van der Waals surface area contributed by atoms with Crippen LogP contribution in [0.5, 0.6) is 0 Å². The third kappa shape index (κ3) is 3.82. The average Bonchev–Trinajstić information content (AvgIpc) is 3.03. The van der Waals surface area contributed by atoms with Crippen LogP contribution in [0.25, 0.3) is 0 Å². The van der Waals surface area contributed by atoms with E-state index in [4.69, 9.17) is 0 Å². The normalized spacial score (nSPS) is 24.8. The molecule has 0 saturated heterocycles. The molecule has 1 heterocycles. The van der Waals surface area contributed by atoms with Crippen LogP contribution in [0.1, 0.15) is 51.8 Å². The Morgan fingerprint density at radius 2 is 2.26 bits per heavy atom. The predicted octanol–water partition coefficient (Wildman–Crippen LogP) is 3.16. The molecule has 19 heavy (non-hydrogen) atoms. The zero-order chi connectivity index (χ0) is 13.7. The molecule has 1 aromatic rings. The second-order valence-corrected chi connectivity index (χ2v) is 6.00. The maximum atomic E-state index is 4.44.